The molecule has 4 atom stereocenters. The lowest BCUT2D eigenvalue weighted by Crippen LogP contribution is -2.34. The molecule has 2 aromatic rings. The molecule has 2 heterocycles. The Kier molecular flexibility index (Phi) is 3.75. The quantitative estimate of drug-likeness (QED) is 0.870. The Morgan fingerprint density at radius 2 is 1.65 bits per heavy atom. The molecule has 2 aromatic carbocycles. The third-order valence-corrected chi connectivity index (χ3v) is 6.07. The maximum absolute atomic E-state index is 12.8. The lowest BCUT2D eigenvalue weighted by Gasteiger charge is -2.23. The number of ether oxygens (including phenoxy) is 1. The summed E-state index contributed by atoms with van der Waals surface area (Å²) in [5.74, 6) is -0.0662. The highest BCUT2D eigenvalue weighted by Gasteiger charge is 2.50. The molecule has 23 heavy (non-hydrogen) atoms. The van der Waals surface area contributed by atoms with Gasteiger partial charge in [0.25, 0.3) is 0 Å². The third kappa shape index (κ3) is 2.50. The summed E-state index contributed by atoms with van der Waals surface area (Å²) in [6.07, 6.45) is 0.232. The molecule has 0 saturated carbocycles. The van der Waals surface area contributed by atoms with E-state index in [1.54, 1.807) is 4.90 Å². The van der Waals surface area contributed by atoms with Crippen LogP contribution < -0.4 is 0 Å². The van der Waals surface area contributed by atoms with E-state index in [4.69, 9.17) is 4.74 Å². The average Bonchev–Trinajstić information content (AvgIpc) is 3.16. The van der Waals surface area contributed by atoms with E-state index < -0.39 is 16.0 Å². The van der Waals surface area contributed by atoms with Gasteiger partial charge in [0.1, 0.15) is 5.25 Å². The third-order valence-electron chi connectivity index (χ3n) is 4.43. The number of fused-ring (bicyclic) bond motifs is 1. The monoisotopic (exact) mass is 327 g/mol. The second-order valence-electron chi connectivity index (χ2n) is 5.83. The number of carbonyl (C=O) groups is 1. The number of nitrogens with zero attached hydrogens (tertiary/aromatic N) is 1. The smallest absolute Gasteiger partial charge is 0.241 e. The van der Waals surface area contributed by atoms with E-state index in [1.807, 2.05) is 60.7 Å². The van der Waals surface area contributed by atoms with Gasteiger partial charge in [-0.3, -0.25) is 9.00 Å². The molecule has 0 bridgehead atoms. The molecule has 2 unspecified atom stereocenters. The van der Waals surface area contributed by atoms with Crippen LogP contribution in [0.5, 0.6) is 0 Å². The Hall–Kier alpha value is -1.98. The van der Waals surface area contributed by atoms with Gasteiger partial charge in [-0.1, -0.05) is 48.5 Å². The molecule has 2 aliphatic rings. The van der Waals surface area contributed by atoms with Crippen LogP contribution in [0, 0.1) is 0 Å². The van der Waals surface area contributed by atoms with Crippen molar-refractivity contribution < 1.29 is 13.7 Å². The summed E-state index contributed by atoms with van der Waals surface area (Å²) in [5, 5.41) is -0.475. The number of rotatable bonds is 3. The van der Waals surface area contributed by atoms with Crippen molar-refractivity contribution in [2.24, 2.45) is 0 Å². The van der Waals surface area contributed by atoms with Gasteiger partial charge in [0, 0.05) is 10.5 Å². The van der Waals surface area contributed by atoms with Gasteiger partial charge in [-0.15, -0.1) is 0 Å². The maximum Gasteiger partial charge on any atom is 0.241 e. The van der Waals surface area contributed by atoms with Crippen LogP contribution in [0.15, 0.2) is 65.6 Å². The Balaban J connectivity index is 1.59. The van der Waals surface area contributed by atoms with Crippen LogP contribution in [0.3, 0.4) is 0 Å². The fourth-order valence-corrected chi connectivity index (χ4v) is 4.77. The highest BCUT2D eigenvalue weighted by atomic mass is 32.2. The first-order valence-electron chi connectivity index (χ1n) is 7.70. The van der Waals surface area contributed by atoms with E-state index in [0.29, 0.717) is 17.9 Å². The molecule has 0 aliphatic carbocycles. The molecule has 0 spiro atoms. The SMILES string of the molecule is O=C1C(S(=O)c2ccccc2)C[C@H]2CO[C@H](c3ccccc3)N12. The number of hydrogen-bond donors (Lipinski definition) is 0. The molecular weight excluding hydrogens is 310 g/mol. The number of hydrogen-bond acceptors (Lipinski definition) is 3. The Labute approximate surface area is 137 Å². The molecule has 5 heteroatoms. The molecule has 4 rings (SSSR count). The van der Waals surface area contributed by atoms with Gasteiger partial charge in [-0.2, -0.15) is 0 Å². The lowest BCUT2D eigenvalue weighted by atomic mass is 10.2. The average molecular weight is 327 g/mol. The predicted octanol–water partition coefficient (Wildman–Crippen LogP) is 2.49. The van der Waals surface area contributed by atoms with Crippen LogP contribution in [0.4, 0.5) is 0 Å². The minimum Gasteiger partial charge on any atom is -0.352 e. The molecule has 1 amide bonds. The summed E-state index contributed by atoms with van der Waals surface area (Å²) in [7, 11) is -1.32. The normalized spacial score (nSPS) is 27.9. The molecule has 2 saturated heterocycles. The van der Waals surface area contributed by atoms with Crippen LogP contribution in [0.2, 0.25) is 0 Å². The van der Waals surface area contributed by atoms with Crippen molar-refractivity contribution in [1.29, 1.82) is 0 Å². The van der Waals surface area contributed by atoms with Crippen LogP contribution in [-0.4, -0.2) is 32.9 Å². The maximum atomic E-state index is 12.8. The van der Waals surface area contributed by atoms with Crippen LogP contribution >= 0.6 is 0 Å². The summed E-state index contributed by atoms with van der Waals surface area (Å²) in [6.45, 7) is 0.508. The Bertz CT molecular complexity index is 734. The van der Waals surface area contributed by atoms with Crippen LogP contribution in [0.1, 0.15) is 18.2 Å². The van der Waals surface area contributed by atoms with E-state index in [9.17, 15) is 9.00 Å². The topological polar surface area (TPSA) is 46.6 Å². The summed E-state index contributed by atoms with van der Waals surface area (Å²) < 4.78 is 18.6. The van der Waals surface area contributed by atoms with E-state index in [0.717, 1.165) is 5.56 Å². The van der Waals surface area contributed by atoms with Crippen molar-refractivity contribution >= 4 is 16.7 Å². The summed E-state index contributed by atoms with van der Waals surface area (Å²) >= 11 is 0. The zero-order valence-electron chi connectivity index (χ0n) is 12.5. The molecule has 0 radical (unpaired) electrons. The van der Waals surface area contributed by atoms with Gasteiger partial charge >= 0.3 is 0 Å². The number of amides is 1. The molecule has 2 aliphatic heterocycles. The first kappa shape index (κ1) is 14.6. The summed E-state index contributed by atoms with van der Waals surface area (Å²) in [6, 6.07) is 19.0. The second-order valence-corrected chi connectivity index (χ2v) is 7.47. The van der Waals surface area contributed by atoms with Gasteiger partial charge in [0.05, 0.1) is 23.4 Å². The summed E-state index contributed by atoms with van der Waals surface area (Å²) in [5.41, 5.74) is 0.967. The Morgan fingerprint density at radius 1 is 1.00 bits per heavy atom. The lowest BCUT2D eigenvalue weighted by molar-refractivity contribution is -0.133. The van der Waals surface area contributed by atoms with Crippen molar-refractivity contribution in [3.05, 3.63) is 66.2 Å². The van der Waals surface area contributed by atoms with E-state index in [1.165, 1.54) is 0 Å². The first-order chi connectivity index (χ1) is 11.3. The summed E-state index contributed by atoms with van der Waals surface area (Å²) in [4.78, 5) is 15.3. The highest BCUT2D eigenvalue weighted by molar-refractivity contribution is 7.86. The van der Waals surface area contributed by atoms with E-state index in [2.05, 4.69) is 0 Å². The predicted molar refractivity (Wildman–Crippen MR) is 87.0 cm³/mol. The molecule has 0 N–H and O–H groups in total. The highest BCUT2D eigenvalue weighted by Crippen LogP contribution is 2.39. The molecular formula is C18H17NO3S. The molecule has 0 aromatic heterocycles. The molecule has 4 nitrogen and oxygen atoms in total. The van der Waals surface area contributed by atoms with E-state index in [-0.39, 0.29) is 18.2 Å². The molecule has 2 fully saturated rings. The largest absolute Gasteiger partial charge is 0.352 e. The van der Waals surface area contributed by atoms with Crippen LogP contribution in [-0.2, 0) is 20.3 Å². The number of carbonyl (C=O) groups excluding carboxylic acids is 1. The molecule has 118 valence electrons. The van der Waals surface area contributed by atoms with Crippen molar-refractivity contribution in [2.75, 3.05) is 6.61 Å². The van der Waals surface area contributed by atoms with Gasteiger partial charge in [-0.25, -0.2) is 0 Å². The number of benzene rings is 2. The second kappa shape index (κ2) is 5.91. The minimum absolute atomic E-state index is 0.0189. The van der Waals surface area contributed by atoms with E-state index >= 15 is 0 Å². The van der Waals surface area contributed by atoms with Crippen LogP contribution in [0.25, 0.3) is 0 Å². The zero-order chi connectivity index (χ0) is 15.8. The first-order valence-corrected chi connectivity index (χ1v) is 8.91. The standard InChI is InChI=1S/C18H17NO3S/c20-17-16(23(21)15-9-5-2-6-10-15)11-14-12-22-18(19(14)17)13-7-3-1-4-8-13/h1-10,14,16,18H,11-12H2/t14-,16?,18+,23?/m0/s1. The van der Waals surface area contributed by atoms with Gasteiger partial charge in [0.2, 0.25) is 5.91 Å². The van der Waals surface area contributed by atoms with Crippen molar-refractivity contribution in [3.8, 4) is 0 Å². The zero-order valence-corrected chi connectivity index (χ0v) is 13.3. The van der Waals surface area contributed by atoms with Crippen molar-refractivity contribution in [1.82, 2.24) is 4.90 Å². The fourth-order valence-electron chi connectivity index (χ4n) is 3.32. The van der Waals surface area contributed by atoms with Gasteiger partial charge < -0.3 is 9.64 Å². The van der Waals surface area contributed by atoms with Crippen molar-refractivity contribution in [3.63, 3.8) is 0 Å². The van der Waals surface area contributed by atoms with Gasteiger partial charge in [-0.05, 0) is 18.6 Å². The Morgan fingerprint density at radius 3 is 2.35 bits per heavy atom. The van der Waals surface area contributed by atoms with Gasteiger partial charge in [0.15, 0.2) is 6.23 Å². The van der Waals surface area contributed by atoms with Crippen molar-refractivity contribution in [2.45, 2.75) is 28.8 Å². The fraction of sp³-hybridized carbons (Fsp3) is 0.278. The minimum atomic E-state index is -1.32.